The van der Waals surface area contributed by atoms with Crippen molar-refractivity contribution < 1.29 is 14.3 Å². The van der Waals surface area contributed by atoms with Gasteiger partial charge in [-0.3, -0.25) is 4.98 Å². The second kappa shape index (κ2) is 10.3. The Morgan fingerprint density at radius 2 is 1.84 bits per heavy atom. The highest BCUT2D eigenvalue weighted by atomic mass is 79.9. The van der Waals surface area contributed by atoms with E-state index in [4.69, 9.17) is 21.1 Å². The highest BCUT2D eigenvalue weighted by Gasteiger charge is 2.22. The largest absolute Gasteiger partial charge is 0.488 e. The molecule has 2 aromatic carbocycles. The molecule has 1 aliphatic carbocycles. The van der Waals surface area contributed by atoms with E-state index in [9.17, 15) is 4.79 Å². The van der Waals surface area contributed by atoms with E-state index in [1.54, 1.807) is 13.1 Å². The van der Waals surface area contributed by atoms with Crippen molar-refractivity contribution in [3.63, 3.8) is 0 Å². The fourth-order valence-electron chi connectivity index (χ4n) is 3.90. The number of pyridine rings is 1. The van der Waals surface area contributed by atoms with Crippen LogP contribution in [0.15, 0.2) is 65.4 Å². The van der Waals surface area contributed by atoms with E-state index in [0.29, 0.717) is 23.8 Å². The second-order valence-electron chi connectivity index (χ2n) is 7.55. The first kappa shape index (κ1) is 22.6. The normalized spacial score (nSPS) is 13.3. The van der Waals surface area contributed by atoms with Crippen molar-refractivity contribution in [2.75, 3.05) is 6.61 Å². The van der Waals surface area contributed by atoms with E-state index in [-0.39, 0.29) is 5.97 Å². The van der Waals surface area contributed by atoms with E-state index in [1.165, 1.54) is 11.1 Å². The number of carbonyl (C=O) groups excluding carboxylic acids is 1. The van der Waals surface area contributed by atoms with Gasteiger partial charge in [0.25, 0.3) is 0 Å². The van der Waals surface area contributed by atoms with Crippen LogP contribution in [0.3, 0.4) is 0 Å². The van der Waals surface area contributed by atoms with E-state index in [1.807, 2.05) is 48.7 Å². The van der Waals surface area contributed by atoms with Gasteiger partial charge in [0.15, 0.2) is 0 Å². The van der Waals surface area contributed by atoms with E-state index < -0.39 is 0 Å². The van der Waals surface area contributed by atoms with Gasteiger partial charge >= 0.3 is 5.97 Å². The molecule has 1 aromatic heterocycles. The number of allylic oxidation sites excluding steroid dienone is 2. The molecule has 4 rings (SSSR count). The lowest BCUT2D eigenvalue weighted by Gasteiger charge is -2.15. The standard InChI is InChI=1S/C26H23BrClNO3/c1-2-31-26(30)19-12-18(14-29-15-19)22-4-3-5-23(22)24-13-20(27)8-11-25(24)32-16-17-6-9-21(28)10-7-17/h6-15H,2-5,16H2,1H3. The highest BCUT2D eigenvalue weighted by Crippen LogP contribution is 2.43. The van der Waals surface area contributed by atoms with Gasteiger partial charge < -0.3 is 9.47 Å². The lowest BCUT2D eigenvalue weighted by molar-refractivity contribution is 0.0526. The number of benzene rings is 2. The van der Waals surface area contributed by atoms with Gasteiger partial charge in [0.05, 0.1) is 12.2 Å². The number of rotatable bonds is 7. The molecule has 0 aliphatic heterocycles. The molecule has 0 amide bonds. The zero-order valence-corrected chi connectivity index (χ0v) is 20.1. The minimum atomic E-state index is -0.351. The smallest absolute Gasteiger partial charge is 0.339 e. The summed E-state index contributed by atoms with van der Waals surface area (Å²) in [5.74, 6) is 0.475. The summed E-state index contributed by atoms with van der Waals surface area (Å²) < 4.78 is 12.4. The summed E-state index contributed by atoms with van der Waals surface area (Å²) in [5, 5.41) is 0.706. The summed E-state index contributed by atoms with van der Waals surface area (Å²) in [7, 11) is 0. The Kier molecular flexibility index (Phi) is 7.28. The number of carbonyl (C=O) groups is 1. The zero-order valence-electron chi connectivity index (χ0n) is 17.7. The average Bonchev–Trinajstić information content (AvgIpc) is 3.29. The Morgan fingerprint density at radius 3 is 2.62 bits per heavy atom. The Hall–Kier alpha value is -2.63. The van der Waals surface area contributed by atoms with E-state index >= 15 is 0 Å². The monoisotopic (exact) mass is 511 g/mol. The fraction of sp³-hybridized carbons (Fsp3) is 0.231. The van der Waals surface area contributed by atoms with Gasteiger partial charge in [0.1, 0.15) is 12.4 Å². The Bertz CT molecular complexity index is 1160. The summed E-state index contributed by atoms with van der Waals surface area (Å²) in [6.07, 6.45) is 6.27. The van der Waals surface area contributed by atoms with Gasteiger partial charge in [-0.25, -0.2) is 4.79 Å². The average molecular weight is 513 g/mol. The van der Waals surface area contributed by atoms with Gasteiger partial charge in [-0.2, -0.15) is 0 Å². The minimum absolute atomic E-state index is 0.337. The number of hydrogen-bond donors (Lipinski definition) is 0. The molecule has 0 saturated carbocycles. The van der Waals surface area contributed by atoms with Crippen molar-refractivity contribution >= 4 is 44.6 Å². The van der Waals surface area contributed by atoms with Crippen LogP contribution >= 0.6 is 27.5 Å². The lowest BCUT2D eigenvalue weighted by atomic mass is 9.96. The van der Waals surface area contributed by atoms with Crippen LogP contribution in [0.5, 0.6) is 5.75 Å². The SMILES string of the molecule is CCOC(=O)c1cncc(C2=C(c3cc(Br)ccc3OCc3ccc(Cl)cc3)CCC2)c1. The number of esters is 1. The topological polar surface area (TPSA) is 48.4 Å². The van der Waals surface area contributed by atoms with Crippen molar-refractivity contribution in [1.82, 2.24) is 4.98 Å². The van der Waals surface area contributed by atoms with Crippen LogP contribution in [0.25, 0.3) is 11.1 Å². The third-order valence-electron chi connectivity index (χ3n) is 5.39. The molecule has 0 atom stereocenters. The molecule has 0 unspecified atom stereocenters. The molecule has 0 spiro atoms. The van der Waals surface area contributed by atoms with Crippen LogP contribution < -0.4 is 4.74 Å². The maximum absolute atomic E-state index is 12.2. The first-order chi connectivity index (χ1) is 15.5. The molecule has 6 heteroatoms. The van der Waals surface area contributed by atoms with Gasteiger partial charge in [0.2, 0.25) is 0 Å². The molecule has 0 fully saturated rings. The van der Waals surface area contributed by atoms with E-state index in [0.717, 1.165) is 46.2 Å². The molecule has 4 nitrogen and oxygen atoms in total. The van der Waals surface area contributed by atoms with Crippen molar-refractivity contribution in [2.45, 2.75) is 32.8 Å². The molecule has 0 saturated heterocycles. The van der Waals surface area contributed by atoms with Gasteiger partial charge in [-0.1, -0.05) is 39.7 Å². The highest BCUT2D eigenvalue weighted by molar-refractivity contribution is 9.10. The Balaban J connectivity index is 1.68. The molecule has 1 heterocycles. The molecule has 0 N–H and O–H groups in total. The summed E-state index contributed by atoms with van der Waals surface area (Å²) >= 11 is 9.60. The zero-order chi connectivity index (χ0) is 22.5. The van der Waals surface area contributed by atoms with Gasteiger partial charge in [-0.15, -0.1) is 0 Å². The molecule has 164 valence electrons. The van der Waals surface area contributed by atoms with E-state index in [2.05, 4.69) is 27.0 Å². The Morgan fingerprint density at radius 1 is 1.06 bits per heavy atom. The molecule has 1 aliphatic rings. The molecule has 3 aromatic rings. The van der Waals surface area contributed by atoms with Crippen LogP contribution in [0.1, 0.15) is 53.2 Å². The predicted octanol–water partition coefficient (Wildman–Crippen LogP) is 7.35. The number of aromatic nitrogens is 1. The van der Waals surface area contributed by atoms with Crippen LogP contribution in [0, 0.1) is 0 Å². The van der Waals surface area contributed by atoms with Crippen LogP contribution in [-0.2, 0) is 11.3 Å². The van der Waals surface area contributed by atoms with Crippen LogP contribution in [0.2, 0.25) is 5.02 Å². The molecule has 0 bridgehead atoms. The predicted molar refractivity (Wildman–Crippen MR) is 131 cm³/mol. The lowest BCUT2D eigenvalue weighted by Crippen LogP contribution is -2.05. The van der Waals surface area contributed by atoms with Crippen molar-refractivity contribution in [2.24, 2.45) is 0 Å². The molecular weight excluding hydrogens is 490 g/mol. The van der Waals surface area contributed by atoms with Crippen molar-refractivity contribution in [3.8, 4) is 5.75 Å². The third kappa shape index (κ3) is 5.22. The summed E-state index contributed by atoms with van der Waals surface area (Å²) in [6, 6.07) is 15.6. The summed E-state index contributed by atoms with van der Waals surface area (Å²) in [4.78, 5) is 16.5. The first-order valence-electron chi connectivity index (χ1n) is 10.6. The van der Waals surface area contributed by atoms with Crippen LogP contribution in [0.4, 0.5) is 0 Å². The molecular formula is C26H23BrClNO3. The van der Waals surface area contributed by atoms with Crippen LogP contribution in [-0.4, -0.2) is 17.6 Å². The quantitative estimate of drug-likeness (QED) is 0.311. The maximum Gasteiger partial charge on any atom is 0.339 e. The van der Waals surface area contributed by atoms with Gasteiger partial charge in [-0.05, 0) is 84.9 Å². The fourth-order valence-corrected chi connectivity index (χ4v) is 4.38. The second-order valence-corrected chi connectivity index (χ2v) is 8.90. The van der Waals surface area contributed by atoms with Crippen molar-refractivity contribution in [1.29, 1.82) is 0 Å². The maximum atomic E-state index is 12.2. The summed E-state index contributed by atoms with van der Waals surface area (Å²) in [5.41, 5.74) is 5.94. The van der Waals surface area contributed by atoms with Gasteiger partial charge in [0, 0.05) is 27.5 Å². The molecule has 0 radical (unpaired) electrons. The number of hydrogen-bond acceptors (Lipinski definition) is 4. The number of halogens is 2. The minimum Gasteiger partial charge on any atom is -0.488 e. The first-order valence-corrected chi connectivity index (χ1v) is 11.7. The number of ether oxygens (including phenoxy) is 2. The number of nitrogens with zero attached hydrogens (tertiary/aromatic N) is 1. The Labute approximate surface area is 201 Å². The summed E-state index contributed by atoms with van der Waals surface area (Å²) in [6.45, 7) is 2.59. The van der Waals surface area contributed by atoms with Crippen molar-refractivity contribution in [3.05, 3.63) is 92.7 Å². The third-order valence-corrected chi connectivity index (χ3v) is 6.14. The molecule has 32 heavy (non-hydrogen) atoms.